The van der Waals surface area contributed by atoms with Gasteiger partial charge in [-0.1, -0.05) is 18.6 Å². The third kappa shape index (κ3) is 6.98. The van der Waals surface area contributed by atoms with E-state index in [0.29, 0.717) is 18.1 Å². The fourth-order valence-electron chi connectivity index (χ4n) is 1.96. The van der Waals surface area contributed by atoms with Crippen LogP contribution in [-0.2, 0) is 4.74 Å². The predicted molar refractivity (Wildman–Crippen MR) is 85.7 cm³/mol. The Morgan fingerprint density at radius 1 is 1.19 bits per heavy atom. The maximum atomic E-state index is 11.9. The quantitative estimate of drug-likeness (QED) is 0.517. The summed E-state index contributed by atoms with van der Waals surface area (Å²) in [4.78, 5) is 11.9. The van der Waals surface area contributed by atoms with Crippen molar-refractivity contribution >= 4 is 5.97 Å². The molecule has 0 N–H and O–H groups in total. The van der Waals surface area contributed by atoms with Gasteiger partial charge in [-0.2, -0.15) is 0 Å². The molecule has 0 radical (unpaired) electrons. The van der Waals surface area contributed by atoms with Gasteiger partial charge in [0.1, 0.15) is 5.75 Å². The lowest BCUT2D eigenvalue weighted by Gasteiger charge is -2.11. The fourth-order valence-corrected chi connectivity index (χ4v) is 1.96. The standard InChI is InChI=1S/C18H26O3/c1-14(2)6-5-7-15(3)12-13-21-18(19)16-8-10-17(20-4)11-9-16/h6,8-11,15H,5,7,12-13H2,1-4H3/t15-/m0/s1. The molecule has 0 bridgehead atoms. The maximum Gasteiger partial charge on any atom is 0.338 e. The summed E-state index contributed by atoms with van der Waals surface area (Å²) < 4.78 is 10.4. The highest BCUT2D eigenvalue weighted by atomic mass is 16.5. The summed E-state index contributed by atoms with van der Waals surface area (Å²) in [5.41, 5.74) is 1.92. The number of allylic oxidation sites excluding steroid dienone is 2. The number of methoxy groups -OCH3 is 1. The van der Waals surface area contributed by atoms with Crippen molar-refractivity contribution in [2.24, 2.45) is 5.92 Å². The highest BCUT2D eigenvalue weighted by molar-refractivity contribution is 5.89. The molecule has 3 heteroatoms. The van der Waals surface area contributed by atoms with Crippen molar-refractivity contribution in [2.75, 3.05) is 13.7 Å². The van der Waals surface area contributed by atoms with Crippen LogP contribution < -0.4 is 4.74 Å². The van der Waals surface area contributed by atoms with Crippen LogP contribution in [0.2, 0.25) is 0 Å². The highest BCUT2D eigenvalue weighted by Crippen LogP contribution is 2.14. The summed E-state index contributed by atoms with van der Waals surface area (Å²) in [6.45, 7) is 6.89. The van der Waals surface area contributed by atoms with Gasteiger partial charge in [0.25, 0.3) is 0 Å². The molecule has 1 aromatic rings. The van der Waals surface area contributed by atoms with E-state index in [4.69, 9.17) is 9.47 Å². The van der Waals surface area contributed by atoms with Crippen molar-refractivity contribution < 1.29 is 14.3 Å². The molecule has 21 heavy (non-hydrogen) atoms. The Balaban J connectivity index is 2.27. The Morgan fingerprint density at radius 3 is 2.43 bits per heavy atom. The monoisotopic (exact) mass is 290 g/mol. The van der Waals surface area contributed by atoms with E-state index in [-0.39, 0.29) is 5.97 Å². The number of esters is 1. The molecule has 3 nitrogen and oxygen atoms in total. The summed E-state index contributed by atoms with van der Waals surface area (Å²) in [7, 11) is 1.60. The van der Waals surface area contributed by atoms with E-state index in [1.165, 1.54) is 5.57 Å². The molecule has 0 aliphatic rings. The van der Waals surface area contributed by atoms with E-state index in [0.717, 1.165) is 25.0 Å². The Labute approximate surface area is 128 Å². The summed E-state index contributed by atoms with van der Waals surface area (Å²) in [5, 5.41) is 0. The van der Waals surface area contributed by atoms with Gasteiger partial charge in [0.15, 0.2) is 0 Å². The molecule has 0 spiro atoms. The Hall–Kier alpha value is -1.77. The second-order valence-corrected chi connectivity index (χ2v) is 5.62. The number of hydrogen-bond acceptors (Lipinski definition) is 3. The van der Waals surface area contributed by atoms with E-state index in [2.05, 4.69) is 26.8 Å². The maximum absolute atomic E-state index is 11.9. The molecule has 0 saturated carbocycles. The minimum Gasteiger partial charge on any atom is -0.497 e. The Kier molecular flexibility index (Phi) is 7.59. The molecule has 0 unspecified atom stereocenters. The minimum absolute atomic E-state index is 0.269. The van der Waals surface area contributed by atoms with Gasteiger partial charge in [0, 0.05) is 0 Å². The van der Waals surface area contributed by atoms with Crippen LogP contribution in [0.1, 0.15) is 50.4 Å². The fraction of sp³-hybridized carbons (Fsp3) is 0.500. The van der Waals surface area contributed by atoms with Crippen LogP contribution in [0, 0.1) is 5.92 Å². The zero-order valence-electron chi connectivity index (χ0n) is 13.5. The topological polar surface area (TPSA) is 35.5 Å². The van der Waals surface area contributed by atoms with Gasteiger partial charge >= 0.3 is 5.97 Å². The second kappa shape index (κ2) is 9.22. The molecule has 0 fully saturated rings. The van der Waals surface area contributed by atoms with Crippen LogP contribution in [0.3, 0.4) is 0 Å². The zero-order chi connectivity index (χ0) is 15.7. The van der Waals surface area contributed by atoms with Crippen LogP contribution in [0.25, 0.3) is 0 Å². The normalized spacial score (nSPS) is 11.6. The molecule has 0 aliphatic carbocycles. The number of rotatable bonds is 8. The number of hydrogen-bond donors (Lipinski definition) is 0. The Morgan fingerprint density at radius 2 is 1.86 bits per heavy atom. The molecule has 0 aliphatic heterocycles. The molecule has 1 atom stereocenters. The average Bonchev–Trinajstić information content (AvgIpc) is 2.46. The highest BCUT2D eigenvalue weighted by Gasteiger charge is 2.08. The van der Waals surface area contributed by atoms with Gasteiger partial charge in [-0.05, 0) is 63.3 Å². The number of carbonyl (C=O) groups is 1. The average molecular weight is 290 g/mol. The van der Waals surface area contributed by atoms with Crippen LogP contribution in [0.4, 0.5) is 0 Å². The smallest absolute Gasteiger partial charge is 0.338 e. The summed E-state index contributed by atoms with van der Waals surface area (Å²) in [6, 6.07) is 6.97. The van der Waals surface area contributed by atoms with Crippen molar-refractivity contribution in [3.8, 4) is 5.75 Å². The summed E-state index contributed by atoms with van der Waals surface area (Å²) >= 11 is 0. The van der Waals surface area contributed by atoms with Crippen molar-refractivity contribution in [3.05, 3.63) is 41.5 Å². The molecule has 0 heterocycles. The first-order valence-corrected chi connectivity index (χ1v) is 7.47. The van der Waals surface area contributed by atoms with Gasteiger partial charge in [-0.15, -0.1) is 0 Å². The lowest BCUT2D eigenvalue weighted by atomic mass is 10.0. The van der Waals surface area contributed by atoms with Crippen molar-refractivity contribution in [2.45, 2.75) is 40.0 Å². The van der Waals surface area contributed by atoms with E-state index < -0.39 is 0 Å². The van der Waals surface area contributed by atoms with Crippen molar-refractivity contribution in [3.63, 3.8) is 0 Å². The van der Waals surface area contributed by atoms with Gasteiger partial charge in [-0.3, -0.25) is 0 Å². The van der Waals surface area contributed by atoms with E-state index in [9.17, 15) is 4.79 Å². The van der Waals surface area contributed by atoms with Gasteiger partial charge in [0.2, 0.25) is 0 Å². The molecule has 0 saturated heterocycles. The third-order valence-electron chi connectivity index (χ3n) is 3.38. The minimum atomic E-state index is -0.269. The van der Waals surface area contributed by atoms with Crippen LogP contribution in [-0.4, -0.2) is 19.7 Å². The van der Waals surface area contributed by atoms with Gasteiger partial charge in [-0.25, -0.2) is 4.79 Å². The van der Waals surface area contributed by atoms with Gasteiger partial charge in [0.05, 0.1) is 19.3 Å². The number of carbonyl (C=O) groups excluding carboxylic acids is 1. The molecule has 116 valence electrons. The number of ether oxygens (including phenoxy) is 2. The molecular formula is C18H26O3. The lowest BCUT2D eigenvalue weighted by molar-refractivity contribution is 0.0484. The molecular weight excluding hydrogens is 264 g/mol. The first kappa shape index (κ1) is 17.3. The van der Waals surface area contributed by atoms with E-state index in [1.54, 1.807) is 31.4 Å². The number of benzene rings is 1. The van der Waals surface area contributed by atoms with Crippen molar-refractivity contribution in [1.82, 2.24) is 0 Å². The SMILES string of the molecule is COc1ccc(C(=O)OCC[C@@H](C)CCC=C(C)C)cc1. The van der Waals surface area contributed by atoms with E-state index in [1.807, 2.05) is 0 Å². The largest absolute Gasteiger partial charge is 0.497 e. The second-order valence-electron chi connectivity index (χ2n) is 5.62. The Bertz CT molecular complexity index is 456. The molecule has 1 aromatic carbocycles. The van der Waals surface area contributed by atoms with Crippen LogP contribution in [0.5, 0.6) is 5.75 Å². The van der Waals surface area contributed by atoms with Gasteiger partial charge < -0.3 is 9.47 Å². The molecule has 1 rings (SSSR count). The summed E-state index contributed by atoms with van der Waals surface area (Å²) in [5.74, 6) is 1.03. The zero-order valence-corrected chi connectivity index (χ0v) is 13.5. The van der Waals surface area contributed by atoms with Crippen molar-refractivity contribution in [1.29, 1.82) is 0 Å². The van der Waals surface area contributed by atoms with E-state index >= 15 is 0 Å². The molecule has 0 amide bonds. The summed E-state index contributed by atoms with van der Waals surface area (Å²) in [6.07, 6.45) is 5.37. The predicted octanol–water partition coefficient (Wildman–Crippen LogP) is 4.62. The molecule has 0 aromatic heterocycles. The van der Waals surface area contributed by atoms with Crippen LogP contribution in [0.15, 0.2) is 35.9 Å². The van der Waals surface area contributed by atoms with Crippen LogP contribution >= 0.6 is 0 Å². The lowest BCUT2D eigenvalue weighted by Crippen LogP contribution is -2.09. The first-order chi connectivity index (χ1) is 10.0. The first-order valence-electron chi connectivity index (χ1n) is 7.47. The third-order valence-corrected chi connectivity index (χ3v) is 3.38.